The fourth-order valence-electron chi connectivity index (χ4n) is 0.550. The second kappa shape index (κ2) is 4.80. The molecule has 1 atom stereocenters. The molecule has 0 saturated heterocycles. The van der Waals surface area contributed by atoms with Gasteiger partial charge in [0, 0.05) is 6.42 Å². The van der Waals surface area contributed by atoms with Gasteiger partial charge >= 0.3 is 0 Å². The first-order valence-corrected chi connectivity index (χ1v) is 3.79. The molecule has 0 aromatic rings. The third-order valence-corrected chi connectivity index (χ3v) is 1.46. The van der Waals surface area contributed by atoms with Gasteiger partial charge in [-0.3, -0.25) is 4.79 Å². The van der Waals surface area contributed by atoms with Gasteiger partial charge in [-0.1, -0.05) is 13.3 Å². The summed E-state index contributed by atoms with van der Waals surface area (Å²) in [5.74, 6) is 0.165. The number of hydrogen-bond acceptors (Lipinski definition) is 1. The molecule has 9 heavy (non-hydrogen) atoms. The lowest BCUT2D eigenvalue weighted by Gasteiger charge is -1.98. The molecule has 0 bridgehead atoms. The minimum atomic E-state index is -0.295. The summed E-state index contributed by atoms with van der Waals surface area (Å²) in [7, 11) is 0. The van der Waals surface area contributed by atoms with E-state index in [-0.39, 0.29) is 11.2 Å². The average molecular weight is 149 g/mol. The van der Waals surface area contributed by atoms with Crippen LogP contribution in [-0.4, -0.2) is 11.2 Å². The number of carbonyl (C=O) groups excluding carboxylic acids is 1. The molecule has 0 fully saturated rings. The summed E-state index contributed by atoms with van der Waals surface area (Å²) in [5.41, 5.74) is 0. The number of carbonyl (C=O) groups is 1. The first kappa shape index (κ1) is 8.96. The van der Waals surface area contributed by atoms with E-state index >= 15 is 0 Å². The van der Waals surface area contributed by atoms with Crippen molar-refractivity contribution in [1.82, 2.24) is 0 Å². The Morgan fingerprint density at radius 1 is 1.67 bits per heavy atom. The molecule has 0 aromatic carbocycles. The standard InChI is InChI=1S/C7H13ClO/c1-3-4-5-7(9)6(2)8/h6H,3-5H2,1-2H3. The lowest BCUT2D eigenvalue weighted by atomic mass is 10.1. The van der Waals surface area contributed by atoms with Crippen LogP contribution in [-0.2, 0) is 4.79 Å². The van der Waals surface area contributed by atoms with Crippen molar-refractivity contribution in [3.8, 4) is 0 Å². The number of Topliss-reactive ketones (excluding diaryl/α,β-unsaturated/α-hetero) is 1. The molecule has 0 amide bonds. The van der Waals surface area contributed by atoms with Crippen LogP contribution in [0.2, 0.25) is 0 Å². The van der Waals surface area contributed by atoms with Crippen LogP contribution >= 0.6 is 11.6 Å². The highest BCUT2D eigenvalue weighted by atomic mass is 35.5. The van der Waals surface area contributed by atoms with E-state index in [1.54, 1.807) is 6.92 Å². The van der Waals surface area contributed by atoms with Crippen molar-refractivity contribution in [2.24, 2.45) is 0 Å². The van der Waals surface area contributed by atoms with Crippen LogP contribution in [0.15, 0.2) is 0 Å². The fraction of sp³-hybridized carbons (Fsp3) is 0.857. The highest BCUT2D eigenvalue weighted by molar-refractivity contribution is 6.30. The zero-order chi connectivity index (χ0) is 7.28. The van der Waals surface area contributed by atoms with Crippen LogP contribution in [0.1, 0.15) is 33.1 Å². The third kappa shape index (κ3) is 4.46. The Morgan fingerprint density at radius 2 is 2.22 bits per heavy atom. The topological polar surface area (TPSA) is 17.1 Å². The molecule has 54 valence electrons. The second-order valence-electron chi connectivity index (χ2n) is 2.19. The predicted molar refractivity (Wildman–Crippen MR) is 39.8 cm³/mol. The van der Waals surface area contributed by atoms with Crippen LogP contribution in [0.5, 0.6) is 0 Å². The van der Waals surface area contributed by atoms with Crippen molar-refractivity contribution in [3.63, 3.8) is 0 Å². The Labute approximate surface area is 61.4 Å². The molecule has 0 saturated carbocycles. The summed E-state index contributed by atoms with van der Waals surface area (Å²) in [6.45, 7) is 3.78. The van der Waals surface area contributed by atoms with E-state index in [1.807, 2.05) is 0 Å². The van der Waals surface area contributed by atoms with Crippen molar-refractivity contribution in [2.75, 3.05) is 0 Å². The summed E-state index contributed by atoms with van der Waals surface area (Å²) in [6.07, 6.45) is 2.67. The molecule has 0 radical (unpaired) electrons. The quantitative estimate of drug-likeness (QED) is 0.560. The van der Waals surface area contributed by atoms with Crippen molar-refractivity contribution < 1.29 is 4.79 Å². The Morgan fingerprint density at radius 3 is 2.56 bits per heavy atom. The van der Waals surface area contributed by atoms with E-state index in [0.29, 0.717) is 6.42 Å². The normalized spacial score (nSPS) is 13.2. The summed E-state index contributed by atoms with van der Waals surface area (Å²) in [5, 5.41) is -0.295. The highest BCUT2D eigenvalue weighted by Crippen LogP contribution is 2.03. The zero-order valence-electron chi connectivity index (χ0n) is 5.98. The Bertz CT molecular complexity index is 88.9. The van der Waals surface area contributed by atoms with E-state index in [2.05, 4.69) is 6.92 Å². The van der Waals surface area contributed by atoms with Crippen molar-refractivity contribution in [3.05, 3.63) is 0 Å². The molecule has 0 aromatic heterocycles. The lowest BCUT2D eigenvalue weighted by molar-refractivity contribution is -0.118. The van der Waals surface area contributed by atoms with Crippen molar-refractivity contribution >= 4 is 17.4 Å². The molecule has 1 unspecified atom stereocenters. The number of ketones is 1. The van der Waals surface area contributed by atoms with Crippen molar-refractivity contribution in [1.29, 1.82) is 0 Å². The van der Waals surface area contributed by atoms with Crippen molar-refractivity contribution in [2.45, 2.75) is 38.5 Å². The van der Waals surface area contributed by atoms with Crippen LogP contribution in [0.3, 0.4) is 0 Å². The molecule has 0 aliphatic rings. The molecule has 0 rings (SSSR count). The Balaban J connectivity index is 3.28. The van der Waals surface area contributed by atoms with Gasteiger partial charge in [-0.05, 0) is 13.3 Å². The zero-order valence-corrected chi connectivity index (χ0v) is 6.74. The van der Waals surface area contributed by atoms with Gasteiger partial charge in [0.1, 0.15) is 5.78 Å². The SMILES string of the molecule is CCCCC(=O)C(C)Cl. The highest BCUT2D eigenvalue weighted by Gasteiger charge is 2.06. The Hall–Kier alpha value is -0.0400. The summed E-state index contributed by atoms with van der Waals surface area (Å²) in [6, 6.07) is 0. The number of alkyl halides is 1. The van der Waals surface area contributed by atoms with Gasteiger partial charge in [-0.25, -0.2) is 0 Å². The molecule has 0 aliphatic heterocycles. The summed E-state index contributed by atoms with van der Waals surface area (Å²) >= 11 is 5.51. The molecule has 0 aliphatic carbocycles. The largest absolute Gasteiger partial charge is 0.298 e. The van der Waals surface area contributed by atoms with Gasteiger partial charge in [-0.15, -0.1) is 11.6 Å². The first-order chi connectivity index (χ1) is 4.18. The molecule has 2 heteroatoms. The van der Waals surface area contributed by atoms with E-state index in [4.69, 9.17) is 11.6 Å². The maximum absolute atomic E-state index is 10.8. The second-order valence-corrected chi connectivity index (χ2v) is 2.84. The summed E-state index contributed by atoms with van der Waals surface area (Å²) < 4.78 is 0. The number of rotatable bonds is 4. The van der Waals surface area contributed by atoms with Crippen LogP contribution < -0.4 is 0 Å². The fourth-order valence-corrected chi connectivity index (χ4v) is 0.659. The number of unbranched alkanes of at least 4 members (excludes halogenated alkanes) is 1. The molecular formula is C7H13ClO. The lowest BCUT2D eigenvalue weighted by Crippen LogP contribution is -2.08. The van der Waals surface area contributed by atoms with Crippen LogP contribution in [0, 0.1) is 0 Å². The Kier molecular flexibility index (Phi) is 4.78. The molecular weight excluding hydrogens is 136 g/mol. The summed E-state index contributed by atoms with van der Waals surface area (Å²) in [4.78, 5) is 10.8. The van der Waals surface area contributed by atoms with Gasteiger partial charge in [0.05, 0.1) is 5.38 Å². The number of hydrogen-bond donors (Lipinski definition) is 0. The molecule has 0 spiro atoms. The first-order valence-electron chi connectivity index (χ1n) is 3.35. The van der Waals surface area contributed by atoms with E-state index < -0.39 is 0 Å². The van der Waals surface area contributed by atoms with Gasteiger partial charge in [-0.2, -0.15) is 0 Å². The third-order valence-electron chi connectivity index (χ3n) is 1.22. The monoisotopic (exact) mass is 148 g/mol. The van der Waals surface area contributed by atoms with E-state index in [9.17, 15) is 4.79 Å². The molecule has 0 heterocycles. The maximum atomic E-state index is 10.8. The maximum Gasteiger partial charge on any atom is 0.150 e. The van der Waals surface area contributed by atoms with E-state index in [1.165, 1.54) is 0 Å². The van der Waals surface area contributed by atoms with Gasteiger partial charge < -0.3 is 0 Å². The average Bonchev–Trinajstić information content (AvgIpc) is 1.82. The van der Waals surface area contributed by atoms with E-state index in [0.717, 1.165) is 12.8 Å². The smallest absolute Gasteiger partial charge is 0.150 e. The van der Waals surface area contributed by atoms with Gasteiger partial charge in [0.25, 0.3) is 0 Å². The van der Waals surface area contributed by atoms with Crippen LogP contribution in [0.25, 0.3) is 0 Å². The number of halogens is 1. The predicted octanol–water partition coefficient (Wildman–Crippen LogP) is 2.37. The minimum absolute atomic E-state index is 0.165. The molecule has 1 nitrogen and oxygen atoms in total. The molecule has 0 N–H and O–H groups in total. The van der Waals surface area contributed by atoms with Gasteiger partial charge in [0.2, 0.25) is 0 Å². The minimum Gasteiger partial charge on any atom is -0.298 e. The van der Waals surface area contributed by atoms with Crippen LogP contribution in [0.4, 0.5) is 0 Å². The van der Waals surface area contributed by atoms with Gasteiger partial charge in [0.15, 0.2) is 0 Å².